The standard InChI is InChI=1S/C21H18N4OS/c1-3-14-8-10-15(11-9-14)19-12-17(16-6-4-5-7-18(16)22-19)20(26)23-21-25-24-13(2)27-21/h4-12H,3H2,1-2H3,(H,23,25,26). The molecule has 5 nitrogen and oxygen atoms in total. The molecule has 0 unspecified atom stereocenters. The lowest BCUT2D eigenvalue weighted by Crippen LogP contribution is -2.13. The highest BCUT2D eigenvalue weighted by atomic mass is 32.1. The van der Waals surface area contributed by atoms with E-state index in [4.69, 9.17) is 4.98 Å². The van der Waals surface area contributed by atoms with Gasteiger partial charge in [0.05, 0.1) is 16.8 Å². The highest BCUT2D eigenvalue weighted by Crippen LogP contribution is 2.26. The predicted octanol–water partition coefficient (Wildman–Crippen LogP) is 4.88. The van der Waals surface area contributed by atoms with Crippen LogP contribution in [0.1, 0.15) is 27.9 Å². The molecule has 27 heavy (non-hydrogen) atoms. The highest BCUT2D eigenvalue weighted by molar-refractivity contribution is 7.15. The van der Waals surface area contributed by atoms with Crippen molar-refractivity contribution < 1.29 is 4.79 Å². The van der Waals surface area contributed by atoms with Crippen molar-refractivity contribution in [3.63, 3.8) is 0 Å². The molecule has 0 spiro atoms. The van der Waals surface area contributed by atoms with Gasteiger partial charge in [0.25, 0.3) is 5.91 Å². The smallest absolute Gasteiger partial charge is 0.258 e. The van der Waals surface area contributed by atoms with E-state index in [9.17, 15) is 4.79 Å². The molecule has 0 saturated heterocycles. The van der Waals surface area contributed by atoms with Gasteiger partial charge in [-0.1, -0.05) is 60.7 Å². The van der Waals surface area contributed by atoms with E-state index in [0.29, 0.717) is 10.7 Å². The molecule has 0 atom stereocenters. The number of para-hydroxylation sites is 1. The van der Waals surface area contributed by atoms with Gasteiger partial charge in [-0.05, 0) is 31.0 Å². The average molecular weight is 374 g/mol. The summed E-state index contributed by atoms with van der Waals surface area (Å²) in [7, 11) is 0. The second kappa shape index (κ2) is 7.25. The lowest BCUT2D eigenvalue weighted by molar-refractivity contribution is 0.102. The molecule has 4 aromatic rings. The van der Waals surface area contributed by atoms with Gasteiger partial charge >= 0.3 is 0 Å². The van der Waals surface area contributed by atoms with Crippen LogP contribution in [-0.2, 0) is 6.42 Å². The highest BCUT2D eigenvalue weighted by Gasteiger charge is 2.15. The zero-order valence-corrected chi connectivity index (χ0v) is 15.9. The molecular weight excluding hydrogens is 356 g/mol. The molecule has 0 saturated carbocycles. The molecule has 0 radical (unpaired) electrons. The number of pyridine rings is 1. The first-order valence-electron chi connectivity index (χ1n) is 8.74. The Kier molecular flexibility index (Phi) is 4.64. The quantitative estimate of drug-likeness (QED) is 0.553. The van der Waals surface area contributed by atoms with Gasteiger partial charge in [0.15, 0.2) is 0 Å². The maximum Gasteiger partial charge on any atom is 0.258 e. The van der Waals surface area contributed by atoms with Crippen LogP contribution in [0.2, 0.25) is 0 Å². The summed E-state index contributed by atoms with van der Waals surface area (Å²) in [5, 5.41) is 12.9. The van der Waals surface area contributed by atoms with Gasteiger partial charge in [-0.3, -0.25) is 10.1 Å². The van der Waals surface area contributed by atoms with E-state index in [0.717, 1.165) is 33.6 Å². The van der Waals surface area contributed by atoms with Crippen molar-refractivity contribution >= 4 is 33.3 Å². The fraction of sp³-hybridized carbons (Fsp3) is 0.143. The lowest BCUT2D eigenvalue weighted by atomic mass is 10.0. The van der Waals surface area contributed by atoms with Crippen LogP contribution in [0.25, 0.3) is 22.2 Å². The van der Waals surface area contributed by atoms with Crippen LogP contribution in [-0.4, -0.2) is 21.1 Å². The van der Waals surface area contributed by atoms with Crippen LogP contribution in [0, 0.1) is 6.92 Å². The molecular formula is C21H18N4OS. The molecule has 4 rings (SSSR count). The molecule has 0 aliphatic heterocycles. The molecule has 0 aliphatic carbocycles. The Morgan fingerprint density at radius 3 is 2.56 bits per heavy atom. The predicted molar refractivity (Wildman–Crippen MR) is 109 cm³/mol. The zero-order chi connectivity index (χ0) is 18.8. The number of anilines is 1. The second-order valence-corrected chi connectivity index (χ2v) is 7.38. The van der Waals surface area contributed by atoms with Crippen molar-refractivity contribution in [2.45, 2.75) is 20.3 Å². The Hall–Kier alpha value is -3.12. The van der Waals surface area contributed by atoms with Crippen LogP contribution in [0.3, 0.4) is 0 Å². The molecule has 1 amide bonds. The van der Waals surface area contributed by atoms with Crippen LogP contribution in [0.5, 0.6) is 0 Å². The number of rotatable bonds is 4. The van der Waals surface area contributed by atoms with E-state index >= 15 is 0 Å². The van der Waals surface area contributed by atoms with Gasteiger partial charge in [0.2, 0.25) is 5.13 Å². The molecule has 1 N–H and O–H groups in total. The Balaban J connectivity index is 1.79. The minimum atomic E-state index is -0.212. The third-order valence-electron chi connectivity index (χ3n) is 4.37. The summed E-state index contributed by atoms with van der Waals surface area (Å²) in [6.45, 7) is 3.98. The second-order valence-electron chi connectivity index (χ2n) is 6.20. The van der Waals surface area contributed by atoms with Crippen molar-refractivity contribution in [2.75, 3.05) is 5.32 Å². The van der Waals surface area contributed by atoms with Crippen molar-refractivity contribution in [3.8, 4) is 11.3 Å². The first kappa shape index (κ1) is 17.3. The summed E-state index contributed by atoms with van der Waals surface area (Å²) in [5.74, 6) is -0.212. The summed E-state index contributed by atoms with van der Waals surface area (Å²) in [6, 6.07) is 17.8. The number of aryl methyl sites for hydroxylation is 2. The van der Waals surface area contributed by atoms with E-state index < -0.39 is 0 Å². The van der Waals surface area contributed by atoms with Crippen LogP contribution >= 0.6 is 11.3 Å². The number of carbonyl (C=O) groups excluding carboxylic acids is 1. The van der Waals surface area contributed by atoms with Crippen LogP contribution in [0.15, 0.2) is 54.6 Å². The molecule has 2 aromatic heterocycles. The SMILES string of the molecule is CCc1ccc(-c2cc(C(=O)Nc3nnc(C)s3)c3ccccc3n2)cc1. The van der Waals surface area contributed by atoms with Gasteiger partial charge in [-0.25, -0.2) is 4.98 Å². The number of nitrogens with zero attached hydrogens (tertiary/aromatic N) is 3. The Bertz CT molecular complexity index is 1120. The van der Waals surface area contributed by atoms with E-state index in [-0.39, 0.29) is 5.91 Å². The van der Waals surface area contributed by atoms with Crippen molar-refractivity contribution in [2.24, 2.45) is 0 Å². The molecule has 6 heteroatoms. The Morgan fingerprint density at radius 2 is 1.85 bits per heavy atom. The lowest BCUT2D eigenvalue weighted by Gasteiger charge is -2.10. The van der Waals surface area contributed by atoms with E-state index in [1.165, 1.54) is 16.9 Å². The number of aromatic nitrogens is 3. The average Bonchev–Trinajstić information content (AvgIpc) is 3.11. The number of hydrogen-bond acceptors (Lipinski definition) is 5. The minimum Gasteiger partial charge on any atom is -0.296 e. The van der Waals surface area contributed by atoms with Gasteiger partial charge < -0.3 is 0 Å². The van der Waals surface area contributed by atoms with Crippen molar-refractivity contribution in [3.05, 3.63) is 70.7 Å². The minimum absolute atomic E-state index is 0.212. The number of hydrogen-bond donors (Lipinski definition) is 1. The summed E-state index contributed by atoms with van der Waals surface area (Å²) in [4.78, 5) is 17.7. The summed E-state index contributed by atoms with van der Waals surface area (Å²) in [6.07, 6.45) is 0.986. The Labute approximate surface area is 161 Å². The molecule has 2 heterocycles. The first-order chi connectivity index (χ1) is 13.1. The summed E-state index contributed by atoms with van der Waals surface area (Å²) in [5.41, 5.74) is 4.38. The van der Waals surface area contributed by atoms with Crippen molar-refractivity contribution in [1.29, 1.82) is 0 Å². The van der Waals surface area contributed by atoms with Gasteiger partial charge in [0.1, 0.15) is 5.01 Å². The summed E-state index contributed by atoms with van der Waals surface area (Å²) >= 11 is 1.35. The van der Waals surface area contributed by atoms with Crippen LogP contribution < -0.4 is 5.32 Å². The van der Waals surface area contributed by atoms with E-state index in [1.54, 1.807) is 0 Å². The molecule has 134 valence electrons. The topological polar surface area (TPSA) is 67.8 Å². The maximum atomic E-state index is 12.9. The fourth-order valence-electron chi connectivity index (χ4n) is 2.93. The normalized spacial score (nSPS) is 10.9. The largest absolute Gasteiger partial charge is 0.296 e. The third-order valence-corrected chi connectivity index (χ3v) is 5.12. The monoisotopic (exact) mass is 374 g/mol. The van der Waals surface area contributed by atoms with E-state index in [1.807, 2.05) is 49.4 Å². The molecule has 0 aliphatic rings. The number of carbonyl (C=O) groups is 1. The fourth-order valence-corrected chi connectivity index (χ4v) is 3.52. The number of nitrogens with one attached hydrogen (secondary N) is 1. The zero-order valence-electron chi connectivity index (χ0n) is 15.1. The van der Waals surface area contributed by atoms with Crippen molar-refractivity contribution in [1.82, 2.24) is 15.2 Å². The molecule has 0 bridgehead atoms. The summed E-state index contributed by atoms with van der Waals surface area (Å²) < 4.78 is 0. The first-order valence-corrected chi connectivity index (χ1v) is 9.56. The number of fused-ring (bicyclic) bond motifs is 1. The van der Waals surface area contributed by atoms with E-state index in [2.05, 4.69) is 34.6 Å². The number of amides is 1. The van der Waals surface area contributed by atoms with Crippen LogP contribution in [0.4, 0.5) is 5.13 Å². The Morgan fingerprint density at radius 1 is 1.07 bits per heavy atom. The third kappa shape index (κ3) is 3.57. The van der Waals surface area contributed by atoms with Gasteiger partial charge in [-0.15, -0.1) is 10.2 Å². The van der Waals surface area contributed by atoms with Gasteiger partial charge in [0, 0.05) is 10.9 Å². The molecule has 0 fully saturated rings. The number of benzene rings is 2. The van der Waals surface area contributed by atoms with Gasteiger partial charge in [-0.2, -0.15) is 0 Å². The molecule has 2 aromatic carbocycles. The maximum absolute atomic E-state index is 12.9.